The molecule has 0 bridgehead atoms. The summed E-state index contributed by atoms with van der Waals surface area (Å²) in [6, 6.07) is 7.10. The second-order valence-electron chi connectivity index (χ2n) is 4.40. The molecule has 2 N–H and O–H groups in total. The van der Waals surface area contributed by atoms with Crippen molar-refractivity contribution in [3.05, 3.63) is 34.9 Å². The van der Waals surface area contributed by atoms with Crippen LogP contribution in [-0.4, -0.2) is 55.1 Å². The minimum atomic E-state index is -0.595. The number of aliphatic hydroxyl groups excluding tert-OH is 2. The number of benzene rings is 1. The molecule has 0 unspecified atom stereocenters. The largest absolute Gasteiger partial charge is 0.389 e. The van der Waals surface area contributed by atoms with Gasteiger partial charge in [0.15, 0.2) is 0 Å². The first kappa shape index (κ1) is 15.4. The van der Waals surface area contributed by atoms with E-state index in [9.17, 15) is 10.2 Å². The van der Waals surface area contributed by atoms with Crippen LogP contribution in [0.2, 0.25) is 5.02 Å². The highest BCUT2D eigenvalue weighted by Crippen LogP contribution is 2.17. The van der Waals surface area contributed by atoms with E-state index < -0.39 is 12.2 Å². The van der Waals surface area contributed by atoms with Gasteiger partial charge in [0.2, 0.25) is 0 Å². The highest BCUT2D eigenvalue weighted by molar-refractivity contribution is 6.30. The van der Waals surface area contributed by atoms with Crippen LogP contribution >= 0.6 is 11.6 Å². The molecule has 1 aromatic rings. The van der Waals surface area contributed by atoms with Crippen LogP contribution in [0.25, 0.3) is 0 Å². The summed E-state index contributed by atoms with van der Waals surface area (Å²) in [6.07, 6.45) is -1.14. The molecule has 0 radical (unpaired) electrons. The number of ether oxygens (including phenoxy) is 1. The second-order valence-corrected chi connectivity index (χ2v) is 4.83. The Morgan fingerprint density at radius 3 is 2.39 bits per heavy atom. The first-order chi connectivity index (χ1) is 8.52. The Labute approximate surface area is 113 Å². The van der Waals surface area contributed by atoms with Crippen molar-refractivity contribution in [1.82, 2.24) is 4.90 Å². The number of nitrogens with zero attached hydrogens (tertiary/aromatic N) is 1. The van der Waals surface area contributed by atoms with Crippen LogP contribution < -0.4 is 0 Å². The molecule has 0 saturated heterocycles. The van der Waals surface area contributed by atoms with Crippen molar-refractivity contribution >= 4 is 11.6 Å². The maximum Gasteiger partial charge on any atom is 0.0916 e. The van der Waals surface area contributed by atoms with Crippen LogP contribution in [0.5, 0.6) is 0 Å². The molecule has 0 aromatic heterocycles. The van der Waals surface area contributed by atoms with Gasteiger partial charge < -0.3 is 19.8 Å². The van der Waals surface area contributed by atoms with Gasteiger partial charge in [-0.3, -0.25) is 0 Å². The number of aliphatic hydroxyl groups is 2. The quantitative estimate of drug-likeness (QED) is 0.787. The Bertz CT molecular complexity index is 345. The number of rotatable bonds is 7. The Morgan fingerprint density at radius 2 is 1.83 bits per heavy atom. The lowest BCUT2D eigenvalue weighted by Crippen LogP contribution is -2.34. The molecular weight excluding hydrogens is 254 g/mol. The highest BCUT2D eigenvalue weighted by atomic mass is 35.5. The van der Waals surface area contributed by atoms with E-state index in [-0.39, 0.29) is 0 Å². The van der Waals surface area contributed by atoms with E-state index in [0.29, 0.717) is 24.7 Å². The number of hydrogen-bond acceptors (Lipinski definition) is 4. The fourth-order valence-electron chi connectivity index (χ4n) is 1.76. The molecule has 0 aliphatic heterocycles. The van der Waals surface area contributed by atoms with E-state index in [0.717, 1.165) is 5.56 Å². The molecule has 2 atom stereocenters. The number of methoxy groups -OCH3 is 1. The Balaban J connectivity index is 2.43. The Morgan fingerprint density at radius 1 is 1.22 bits per heavy atom. The fraction of sp³-hybridized carbons (Fsp3) is 0.538. The number of likely N-dealkylation sites (N-methyl/N-ethyl adjacent to an activating group) is 1. The molecule has 18 heavy (non-hydrogen) atoms. The van der Waals surface area contributed by atoms with Gasteiger partial charge >= 0.3 is 0 Å². The first-order valence-electron chi connectivity index (χ1n) is 5.82. The van der Waals surface area contributed by atoms with Crippen LogP contribution in [0.15, 0.2) is 24.3 Å². The molecule has 102 valence electrons. The van der Waals surface area contributed by atoms with Crippen LogP contribution in [0, 0.1) is 0 Å². The van der Waals surface area contributed by atoms with Gasteiger partial charge in [-0.15, -0.1) is 0 Å². The summed E-state index contributed by atoms with van der Waals surface area (Å²) in [5.74, 6) is 0. The van der Waals surface area contributed by atoms with Gasteiger partial charge in [0.1, 0.15) is 0 Å². The summed E-state index contributed by atoms with van der Waals surface area (Å²) in [4.78, 5) is 1.86. The zero-order valence-corrected chi connectivity index (χ0v) is 11.5. The predicted molar refractivity (Wildman–Crippen MR) is 71.8 cm³/mol. The summed E-state index contributed by atoms with van der Waals surface area (Å²) in [5, 5.41) is 20.2. The van der Waals surface area contributed by atoms with Gasteiger partial charge in [-0.05, 0) is 24.7 Å². The van der Waals surface area contributed by atoms with E-state index in [4.69, 9.17) is 16.3 Å². The fourth-order valence-corrected chi connectivity index (χ4v) is 1.89. The van der Waals surface area contributed by atoms with E-state index in [1.165, 1.54) is 0 Å². The maximum absolute atomic E-state index is 10.0. The van der Waals surface area contributed by atoms with E-state index in [1.54, 1.807) is 31.4 Å². The third kappa shape index (κ3) is 5.33. The van der Waals surface area contributed by atoms with Crippen molar-refractivity contribution in [1.29, 1.82) is 0 Å². The molecule has 4 nitrogen and oxygen atoms in total. The molecule has 0 amide bonds. The summed E-state index contributed by atoms with van der Waals surface area (Å²) in [7, 11) is 3.39. The summed E-state index contributed by atoms with van der Waals surface area (Å²) >= 11 is 5.79. The average molecular weight is 274 g/mol. The third-order valence-electron chi connectivity index (χ3n) is 2.62. The molecule has 0 saturated carbocycles. The van der Waals surface area contributed by atoms with Crippen molar-refractivity contribution in [3.63, 3.8) is 0 Å². The van der Waals surface area contributed by atoms with Crippen molar-refractivity contribution in [2.75, 3.05) is 33.9 Å². The molecule has 1 rings (SSSR count). The standard InChI is InChI=1S/C13H20ClNO3/c1-15(7-12(16)9-18-2)8-13(17)10-3-5-11(14)6-4-10/h3-6,12-13,16-17H,7-9H2,1-2H3/t12-,13+/m0/s1. The van der Waals surface area contributed by atoms with Crippen molar-refractivity contribution < 1.29 is 14.9 Å². The molecule has 0 fully saturated rings. The summed E-state index contributed by atoms with van der Waals surface area (Å²) in [6.45, 7) is 1.20. The monoisotopic (exact) mass is 273 g/mol. The van der Waals surface area contributed by atoms with Crippen LogP contribution in [0.1, 0.15) is 11.7 Å². The molecule has 1 aromatic carbocycles. The van der Waals surface area contributed by atoms with Crippen LogP contribution in [0.4, 0.5) is 0 Å². The Kier molecular flexibility index (Phi) is 6.60. The number of hydrogen-bond donors (Lipinski definition) is 2. The number of halogens is 1. The van der Waals surface area contributed by atoms with Crippen LogP contribution in [-0.2, 0) is 4.74 Å². The molecule has 5 heteroatoms. The van der Waals surface area contributed by atoms with Gasteiger partial charge in [-0.1, -0.05) is 23.7 Å². The Hall–Kier alpha value is -0.650. The van der Waals surface area contributed by atoms with Gasteiger partial charge in [-0.25, -0.2) is 0 Å². The van der Waals surface area contributed by atoms with Gasteiger partial charge in [0, 0.05) is 25.2 Å². The van der Waals surface area contributed by atoms with Crippen molar-refractivity contribution in [2.45, 2.75) is 12.2 Å². The molecular formula is C13H20ClNO3. The highest BCUT2D eigenvalue weighted by Gasteiger charge is 2.13. The predicted octanol–water partition coefficient (Wildman–Crippen LogP) is 1.31. The zero-order chi connectivity index (χ0) is 13.5. The summed E-state index contributed by atoms with van der Waals surface area (Å²) in [5.41, 5.74) is 0.812. The first-order valence-corrected chi connectivity index (χ1v) is 6.19. The topological polar surface area (TPSA) is 52.9 Å². The average Bonchev–Trinajstić information content (AvgIpc) is 2.29. The molecule has 0 spiro atoms. The summed E-state index contributed by atoms with van der Waals surface area (Å²) < 4.78 is 4.85. The maximum atomic E-state index is 10.0. The SMILES string of the molecule is COC[C@@H](O)CN(C)C[C@@H](O)c1ccc(Cl)cc1. The normalized spacial score (nSPS) is 14.8. The van der Waals surface area contributed by atoms with Gasteiger partial charge in [-0.2, -0.15) is 0 Å². The second kappa shape index (κ2) is 7.71. The molecule has 0 aliphatic carbocycles. The van der Waals surface area contributed by atoms with E-state index in [1.807, 2.05) is 11.9 Å². The zero-order valence-electron chi connectivity index (χ0n) is 10.7. The third-order valence-corrected chi connectivity index (χ3v) is 2.87. The molecule has 0 aliphatic rings. The van der Waals surface area contributed by atoms with Gasteiger partial charge in [0.25, 0.3) is 0 Å². The van der Waals surface area contributed by atoms with Crippen LogP contribution in [0.3, 0.4) is 0 Å². The smallest absolute Gasteiger partial charge is 0.0916 e. The lowest BCUT2D eigenvalue weighted by molar-refractivity contribution is 0.0318. The lowest BCUT2D eigenvalue weighted by Gasteiger charge is -2.23. The van der Waals surface area contributed by atoms with Crippen molar-refractivity contribution in [2.24, 2.45) is 0 Å². The lowest BCUT2D eigenvalue weighted by atomic mass is 10.1. The minimum absolute atomic E-state index is 0.293. The molecule has 0 heterocycles. The van der Waals surface area contributed by atoms with Gasteiger partial charge in [0.05, 0.1) is 18.8 Å². The van der Waals surface area contributed by atoms with E-state index >= 15 is 0 Å². The minimum Gasteiger partial charge on any atom is -0.389 e. The van der Waals surface area contributed by atoms with E-state index in [2.05, 4.69) is 0 Å². The van der Waals surface area contributed by atoms with Crippen molar-refractivity contribution in [3.8, 4) is 0 Å².